The number of rotatable bonds is 7. The highest BCUT2D eigenvalue weighted by atomic mass is 16.5. The maximum atomic E-state index is 5.76. The first-order valence-corrected chi connectivity index (χ1v) is 6.74. The Morgan fingerprint density at radius 2 is 2.06 bits per heavy atom. The van der Waals surface area contributed by atoms with E-state index in [1.54, 1.807) is 7.11 Å². The van der Waals surface area contributed by atoms with Crippen molar-refractivity contribution in [1.29, 1.82) is 0 Å². The van der Waals surface area contributed by atoms with Crippen molar-refractivity contribution in [2.45, 2.75) is 26.7 Å². The lowest BCUT2D eigenvalue weighted by molar-refractivity contribution is 0.410. The Hall–Kier alpha value is -1.22. The van der Waals surface area contributed by atoms with Crippen LogP contribution in [0.5, 0.6) is 5.75 Å². The summed E-state index contributed by atoms with van der Waals surface area (Å²) in [5.41, 5.74) is 8.25. The van der Waals surface area contributed by atoms with Crippen LogP contribution in [0.25, 0.3) is 0 Å². The molecule has 1 unspecified atom stereocenters. The highest BCUT2D eigenvalue weighted by Gasteiger charge is 2.10. The summed E-state index contributed by atoms with van der Waals surface area (Å²) in [7, 11) is 3.85. The van der Waals surface area contributed by atoms with Crippen molar-refractivity contribution in [3.8, 4) is 5.75 Å². The summed E-state index contributed by atoms with van der Waals surface area (Å²) in [6.45, 7) is 6.09. The number of nitrogens with zero attached hydrogens (tertiary/aromatic N) is 1. The monoisotopic (exact) mass is 250 g/mol. The SMILES string of the molecule is CCc1cc(N(C)CC(CC)CN)ccc1OC. The molecule has 3 nitrogen and oxygen atoms in total. The Labute approximate surface area is 111 Å². The maximum absolute atomic E-state index is 5.76. The van der Waals surface area contributed by atoms with Crippen LogP contribution in [-0.4, -0.2) is 27.2 Å². The zero-order valence-corrected chi connectivity index (χ0v) is 12.1. The average molecular weight is 250 g/mol. The molecule has 0 saturated carbocycles. The topological polar surface area (TPSA) is 38.5 Å². The van der Waals surface area contributed by atoms with Gasteiger partial charge in [-0.25, -0.2) is 0 Å². The lowest BCUT2D eigenvalue weighted by atomic mass is 10.1. The molecule has 3 heteroatoms. The molecule has 1 aromatic carbocycles. The van der Waals surface area contributed by atoms with Crippen molar-refractivity contribution < 1.29 is 4.74 Å². The quantitative estimate of drug-likeness (QED) is 0.808. The number of hydrogen-bond acceptors (Lipinski definition) is 3. The molecule has 2 N–H and O–H groups in total. The molecule has 102 valence electrons. The molecule has 1 rings (SSSR count). The minimum Gasteiger partial charge on any atom is -0.496 e. The van der Waals surface area contributed by atoms with Crippen LogP contribution >= 0.6 is 0 Å². The summed E-state index contributed by atoms with van der Waals surface area (Å²) in [5, 5.41) is 0. The normalized spacial score (nSPS) is 12.3. The molecule has 0 fully saturated rings. The fourth-order valence-electron chi connectivity index (χ4n) is 2.14. The van der Waals surface area contributed by atoms with E-state index in [0.717, 1.165) is 31.7 Å². The summed E-state index contributed by atoms with van der Waals surface area (Å²) in [4.78, 5) is 2.28. The summed E-state index contributed by atoms with van der Waals surface area (Å²) < 4.78 is 5.36. The van der Waals surface area contributed by atoms with Gasteiger partial charge in [-0.2, -0.15) is 0 Å². The molecule has 0 bridgehead atoms. The van der Waals surface area contributed by atoms with Crippen molar-refractivity contribution in [2.75, 3.05) is 32.1 Å². The predicted molar refractivity (Wildman–Crippen MR) is 78.5 cm³/mol. The summed E-state index contributed by atoms with van der Waals surface area (Å²) in [6.07, 6.45) is 2.11. The van der Waals surface area contributed by atoms with Crippen molar-refractivity contribution >= 4 is 5.69 Å². The van der Waals surface area contributed by atoms with E-state index in [2.05, 4.69) is 37.9 Å². The van der Waals surface area contributed by atoms with E-state index in [-0.39, 0.29) is 0 Å². The van der Waals surface area contributed by atoms with Gasteiger partial charge in [0.2, 0.25) is 0 Å². The molecule has 0 aliphatic heterocycles. The van der Waals surface area contributed by atoms with Crippen LogP contribution in [0.15, 0.2) is 18.2 Å². The smallest absolute Gasteiger partial charge is 0.122 e. The third-order valence-corrected chi connectivity index (χ3v) is 3.53. The Morgan fingerprint density at radius 1 is 1.33 bits per heavy atom. The Morgan fingerprint density at radius 3 is 2.56 bits per heavy atom. The molecule has 0 aromatic heterocycles. The van der Waals surface area contributed by atoms with Crippen LogP contribution in [0.2, 0.25) is 0 Å². The van der Waals surface area contributed by atoms with Crippen LogP contribution in [0.4, 0.5) is 5.69 Å². The van der Waals surface area contributed by atoms with Gasteiger partial charge in [-0.3, -0.25) is 0 Å². The van der Waals surface area contributed by atoms with Crippen LogP contribution in [0.1, 0.15) is 25.8 Å². The Bertz CT molecular complexity index is 362. The molecular weight excluding hydrogens is 224 g/mol. The fraction of sp³-hybridized carbons (Fsp3) is 0.600. The molecule has 0 spiro atoms. The van der Waals surface area contributed by atoms with E-state index in [4.69, 9.17) is 10.5 Å². The van der Waals surface area contributed by atoms with E-state index < -0.39 is 0 Å². The lowest BCUT2D eigenvalue weighted by Gasteiger charge is -2.25. The van der Waals surface area contributed by atoms with Crippen molar-refractivity contribution in [3.05, 3.63) is 23.8 Å². The number of ether oxygens (including phenoxy) is 1. The molecule has 18 heavy (non-hydrogen) atoms. The largest absolute Gasteiger partial charge is 0.496 e. The predicted octanol–water partition coefficient (Wildman–Crippen LogP) is 2.68. The lowest BCUT2D eigenvalue weighted by Crippen LogP contribution is -2.29. The summed E-state index contributed by atoms with van der Waals surface area (Å²) >= 11 is 0. The molecular formula is C15H26N2O. The zero-order chi connectivity index (χ0) is 13.5. The molecule has 0 saturated heterocycles. The van der Waals surface area contributed by atoms with Gasteiger partial charge in [0.15, 0.2) is 0 Å². The first kappa shape index (κ1) is 14.8. The minimum atomic E-state index is 0.558. The van der Waals surface area contributed by atoms with Gasteiger partial charge in [0.05, 0.1) is 7.11 Å². The summed E-state index contributed by atoms with van der Waals surface area (Å²) in [6, 6.07) is 6.37. The molecule has 0 radical (unpaired) electrons. The number of aryl methyl sites for hydroxylation is 1. The van der Waals surface area contributed by atoms with Crippen LogP contribution in [0.3, 0.4) is 0 Å². The molecule has 0 amide bonds. The minimum absolute atomic E-state index is 0.558. The van der Waals surface area contributed by atoms with Gasteiger partial charge in [0.1, 0.15) is 5.75 Å². The van der Waals surface area contributed by atoms with Crippen LogP contribution in [0, 0.1) is 5.92 Å². The Balaban J connectivity index is 2.82. The first-order chi connectivity index (χ1) is 8.65. The molecule has 0 aliphatic carbocycles. The Kier molecular flexibility index (Phi) is 5.99. The number of nitrogens with two attached hydrogens (primary N) is 1. The number of anilines is 1. The highest BCUT2D eigenvalue weighted by Crippen LogP contribution is 2.25. The maximum Gasteiger partial charge on any atom is 0.122 e. The van der Waals surface area contributed by atoms with E-state index >= 15 is 0 Å². The van der Waals surface area contributed by atoms with Gasteiger partial charge in [-0.15, -0.1) is 0 Å². The van der Waals surface area contributed by atoms with E-state index in [0.29, 0.717) is 5.92 Å². The van der Waals surface area contributed by atoms with Gasteiger partial charge in [0, 0.05) is 19.3 Å². The molecule has 1 aromatic rings. The molecule has 1 atom stereocenters. The van der Waals surface area contributed by atoms with E-state index in [1.807, 2.05) is 6.07 Å². The van der Waals surface area contributed by atoms with Gasteiger partial charge in [-0.05, 0) is 42.6 Å². The average Bonchev–Trinajstić information content (AvgIpc) is 2.43. The number of benzene rings is 1. The first-order valence-electron chi connectivity index (χ1n) is 6.74. The van der Waals surface area contributed by atoms with Crippen LogP contribution in [-0.2, 0) is 6.42 Å². The van der Waals surface area contributed by atoms with Gasteiger partial charge in [-0.1, -0.05) is 20.3 Å². The fourth-order valence-corrected chi connectivity index (χ4v) is 2.14. The molecule has 0 aliphatic rings. The van der Waals surface area contributed by atoms with E-state index in [9.17, 15) is 0 Å². The second-order valence-corrected chi connectivity index (χ2v) is 4.74. The van der Waals surface area contributed by atoms with Crippen molar-refractivity contribution in [3.63, 3.8) is 0 Å². The van der Waals surface area contributed by atoms with Crippen molar-refractivity contribution in [2.24, 2.45) is 11.7 Å². The zero-order valence-electron chi connectivity index (χ0n) is 12.1. The van der Waals surface area contributed by atoms with Gasteiger partial charge in [0.25, 0.3) is 0 Å². The van der Waals surface area contributed by atoms with Gasteiger partial charge < -0.3 is 15.4 Å². The highest BCUT2D eigenvalue weighted by molar-refractivity contribution is 5.52. The molecule has 0 heterocycles. The third kappa shape index (κ3) is 3.64. The standard InChI is InChI=1S/C15H26N2O/c1-5-12(10-16)11-17(3)14-7-8-15(18-4)13(6-2)9-14/h7-9,12H,5-6,10-11,16H2,1-4H3. The number of methoxy groups -OCH3 is 1. The van der Waals surface area contributed by atoms with E-state index in [1.165, 1.54) is 11.3 Å². The third-order valence-electron chi connectivity index (χ3n) is 3.53. The van der Waals surface area contributed by atoms with Gasteiger partial charge >= 0.3 is 0 Å². The second kappa shape index (κ2) is 7.27. The second-order valence-electron chi connectivity index (χ2n) is 4.74. The summed E-state index contributed by atoms with van der Waals surface area (Å²) in [5.74, 6) is 1.53. The van der Waals surface area contributed by atoms with Crippen molar-refractivity contribution in [1.82, 2.24) is 0 Å². The number of hydrogen-bond donors (Lipinski definition) is 1. The van der Waals surface area contributed by atoms with Crippen LogP contribution < -0.4 is 15.4 Å².